The molecule has 1 amide bonds. The van der Waals surface area contributed by atoms with Crippen molar-refractivity contribution in [3.63, 3.8) is 0 Å². The Bertz CT molecular complexity index is 650. The minimum absolute atomic E-state index is 0.0416. The molecule has 2 rings (SSSR count). The fourth-order valence-electron chi connectivity index (χ4n) is 2.40. The van der Waals surface area contributed by atoms with Gasteiger partial charge in [0.05, 0.1) is 17.6 Å². The normalized spacial score (nSPS) is 21.0. The van der Waals surface area contributed by atoms with Gasteiger partial charge in [-0.15, -0.1) is 11.8 Å². The Kier molecular flexibility index (Phi) is 5.22. The molecule has 1 aliphatic rings. The van der Waals surface area contributed by atoms with Crippen molar-refractivity contribution in [2.75, 3.05) is 19.3 Å². The lowest BCUT2D eigenvalue weighted by Gasteiger charge is -2.34. The Balaban J connectivity index is 2.35. The number of nitrogens with zero attached hydrogens (tertiary/aromatic N) is 2. The Labute approximate surface area is 136 Å². The van der Waals surface area contributed by atoms with Crippen LogP contribution in [-0.4, -0.2) is 58.4 Å². The van der Waals surface area contributed by atoms with E-state index in [0.717, 1.165) is 4.90 Å². The third-order valence-corrected chi connectivity index (χ3v) is 4.18. The molecule has 8 nitrogen and oxygen atoms in total. The van der Waals surface area contributed by atoms with Gasteiger partial charge in [-0.1, -0.05) is 0 Å². The molecule has 1 fully saturated rings. The molecule has 1 saturated heterocycles. The molecular weight excluding hydrogens is 324 g/mol. The number of carbonyl (C=O) groups excluding carboxylic acids is 1. The lowest BCUT2D eigenvalue weighted by Crippen LogP contribution is -2.51. The van der Waals surface area contributed by atoms with Crippen LogP contribution in [0.2, 0.25) is 0 Å². The molecule has 1 N–H and O–H groups in total. The molecule has 1 aromatic rings. The van der Waals surface area contributed by atoms with Crippen molar-refractivity contribution in [1.29, 1.82) is 0 Å². The quantitative estimate of drug-likeness (QED) is 0.504. The van der Waals surface area contributed by atoms with Crippen LogP contribution in [0.4, 0.5) is 5.69 Å². The number of aliphatic carboxylic acids is 1. The van der Waals surface area contributed by atoms with Crippen LogP contribution in [-0.2, 0) is 9.53 Å². The minimum atomic E-state index is -1.17. The number of hydrogen-bond acceptors (Lipinski definition) is 6. The molecule has 0 aliphatic carbocycles. The highest BCUT2D eigenvalue weighted by molar-refractivity contribution is 7.98. The average Bonchev–Trinajstić information content (AvgIpc) is 2.52. The molecule has 1 unspecified atom stereocenters. The Morgan fingerprint density at radius 3 is 2.70 bits per heavy atom. The van der Waals surface area contributed by atoms with E-state index in [1.54, 1.807) is 19.2 Å². The van der Waals surface area contributed by atoms with Gasteiger partial charge in [-0.3, -0.25) is 14.9 Å². The van der Waals surface area contributed by atoms with E-state index in [4.69, 9.17) is 9.84 Å². The van der Waals surface area contributed by atoms with Gasteiger partial charge in [0.15, 0.2) is 6.10 Å². The third-order valence-electron chi connectivity index (χ3n) is 3.45. The van der Waals surface area contributed by atoms with Gasteiger partial charge in [-0.25, -0.2) is 4.79 Å². The monoisotopic (exact) mass is 340 g/mol. The molecule has 0 bridgehead atoms. The van der Waals surface area contributed by atoms with Gasteiger partial charge in [0.2, 0.25) is 0 Å². The second kappa shape index (κ2) is 6.97. The highest BCUT2D eigenvalue weighted by Crippen LogP contribution is 2.27. The van der Waals surface area contributed by atoms with Gasteiger partial charge in [-0.05, 0) is 25.3 Å². The number of carboxylic acids is 1. The summed E-state index contributed by atoms with van der Waals surface area (Å²) in [4.78, 5) is 36.3. The summed E-state index contributed by atoms with van der Waals surface area (Å²) in [7, 11) is 0. The highest BCUT2D eigenvalue weighted by atomic mass is 32.2. The van der Waals surface area contributed by atoms with Crippen molar-refractivity contribution >= 4 is 29.3 Å². The summed E-state index contributed by atoms with van der Waals surface area (Å²) in [5.74, 6) is -1.73. The van der Waals surface area contributed by atoms with Crippen LogP contribution in [0.3, 0.4) is 0 Å². The number of ether oxygens (including phenoxy) is 1. The summed E-state index contributed by atoms with van der Waals surface area (Å²) in [6, 6.07) is 4.32. The summed E-state index contributed by atoms with van der Waals surface area (Å²) in [5.41, 5.74) is -0.334. The van der Waals surface area contributed by atoms with E-state index < -0.39 is 29.0 Å². The SMILES string of the molecule is CSc1ccc([N+](=O)[O-])c(C(=O)N2CC(C(=O)O)O[C@H](C)C2)c1. The fraction of sp³-hybridized carbons (Fsp3) is 0.429. The maximum absolute atomic E-state index is 12.7. The smallest absolute Gasteiger partial charge is 0.334 e. The molecule has 9 heteroatoms. The molecule has 1 aromatic carbocycles. The third kappa shape index (κ3) is 3.80. The second-order valence-electron chi connectivity index (χ2n) is 5.12. The van der Waals surface area contributed by atoms with Gasteiger partial charge < -0.3 is 14.7 Å². The maximum Gasteiger partial charge on any atom is 0.334 e. The number of thioether (sulfide) groups is 1. The van der Waals surface area contributed by atoms with E-state index in [9.17, 15) is 19.7 Å². The zero-order chi connectivity index (χ0) is 17.1. The van der Waals surface area contributed by atoms with Crippen molar-refractivity contribution in [3.8, 4) is 0 Å². The second-order valence-corrected chi connectivity index (χ2v) is 6.00. The number of amides is 1. The van der Waals surface area contributed by atoms with Gasteiger partial charge in [0, 0.05) is 17.5 Å². The number of nitro groups is 1. The number of carboxylic acid groups (broad SMARTS) is 1. The summed E-state index contributed by atoms with van der Waals surface area (Å²) in [6.07, 6.45) is 0.203. The van der Waals surface area contributed by atoms with Crippen molar-refractivity contribution in [3.05, 3.63) is 33.9 Å². The van der Waals surface area contributed by atoms with Crippen LogP contribution in [0.25, 0.3) is 0 Å². The van der Waals surface area contributed by atoms with Crippen LogP contribution >= 0.6 is 11.8 Å². The molecule has 23 heavy (non-hydrogen) atoms. The van der Waals surface area contributed by atoms with Crippen molar-refractivity contribution in [2.45, 2.75) is 24.0 Å². The van der Waals surface area contributed by atoms with Crippen molar-refractivity contribution in [1.82, 2.24) is 4.90 Å². The number of rotatable bonds is 4. The predicted octanol–water partition coefficient (Wildman–Crippen LogP) is 1.63. The fourth-order valence-corrected chi connectivity index (χ4v) is 2.84. The molecule has 0 aromatic heterocycles. The molecule has 0 spiro atoms. The Morgan fingerprint density at radius 2 is 2.13 bits per heavy atom. The molecule has 1 aliphatic heterocycles. The number of nitro benzene ring substituents is 1. The number of benzene rings is 1. The van der Waals surface area contributed by atoms with Gasteiger partial charge in [0.25, 0.3) is 11.6 Å². The standard InChI is InChI=1S/C14H16N2O6S/c1-8-6-15(7-12(22-8)14(18)19)13(17)10-5-9(23-2)3-4-11(10)16(20)21/h3-5,8,12H,6-7H2,1-2H3,(H,18,19)/t8-,12?/m1/s1. The average molecular weight is 340 g/mol. The first kappa shape index (κ1) is 17.2. The summed E-state index contributed by atoms with van der Waals surface area (Å²) in [6.45, 7) is 1.70. The topological polar surface area (TPSA) is 110 Å². The molecular formula is C14H16N2O6S. The van der Waals surface area contributed by atoms with Crippen LogP contribution in [0.1, 0.15) is 17.3 Å². The molecule has 0 saturated carbocycles. The lowest BCUT2D eigenvalue weighted by molar-refractivity contribution is -0.385. The van der Waals surface area contributed by atoms with Crippen LogP contribution in [0.5, 0.6) is 0 Å². The first-order valence-electron chi connectivity index (χ1n) is 6.83. The van der Waals surface area contributed by atoms with E-state index in [0.29, 0.717) is 0 Å². The number of hydrogen-bond donors (Lipinski definition) is 1. The zero-order valence-electron chi connectivity index (χ0n) is 12.6. The maximum atomic E-state index is 12.7. The van der Waals surface area contributed by atoms with Gasteiger partial charge in [-0.2, -0.15) is 0 Å². The van der Waals surface area contributed by atoms with E-state index in [2.05, 4.69) is 0 Å². The van der Waals surface area contributed by atoms with E-state index in [1.165, 1.54) is 28.8 Å². The summed E-state index contributed by atoms with van der Waals surface area (Å²) < 4.78 is 5.26. The van der Waals surface area contributed by atoms with E-state index in [1.807, 2.05) is 0 Å². The van der Waals surface area contributed by atoms with Gasteiger partial charge >= 0.3 is 5.97 Å². The zero-order valence-corrected chi connectivity index (χ0v) is 13.4. The Hall–Kier alpha value is -2.13. The highest BCUT2D eigenvalue weighted by Gasteiger charge is 2.35. The molecule has 0 radical (unpaired) electrons. The Morgan fingerprint density at radius 1 is 1.43 bits per heavy atom. The van der Waals surface area contributed by atoms with Crippen molar-refractivity contribution < 1.29 is 24.4 Å². The van der Waals surface area contributed by atoms with E-state index in [-0.39, 0.29) is 24.3 Å². The summed E-state index contributed by atoms with van der Waals surface area (Å²) >= 11 is 1.36. The number of carbonyl (C=O) groups is 2. The van der Waals surface area contributed by atoms with E-state index >= 15 is 0 Å². The van der Waals surface area contributed by atoms with Crippen molar-refractivity contribution in [2.24, 2.45) is 0 Å². The molecule has 124 valence electrons. The molecule has 2 atom stereocenters. The minimum Gasteiger partial charge on any atom is -0.479 e. The summed E-state index contributed by atoms with van der Waals surface area (Å²) in [5, 5.41) is 20.2. The lowest BCUT2D eigenvalue weighted by atomic mass is 10.1. The van der Waals surface area contributed by atoms with Crippen LogP contribution in [0, 0.1) is 10.1 Å². The first-order valence-corrected chi connectivity index (χ1v) is 8.06. The number of morpholine rings is 1. The van der Waals surface area contributed by atoms with Gasteiger partial charge in [0.1, 0.15) is 5.56 Å². The van der Waals surface area contributed by atoms with Crippen LogP contribution < -0.4 is 0 Å². The largest absolute Gasteiger partial charge is 0.479 e. The predicted molar refractivity (Wildman–Crippen MR) is 82.8 cm³/mol. The molecule has 1 heterocycles. The first-order chi connectivity index (χ1) is 10.8. The van der Waals surface area contributed by atoms with Crippen LogP contribution in [0.15, 0.2) is 23.1 Å².